The summed E-state index contributed by atoms with van der Waals surface area (Å²) in [6.07, 6.45) is 4.06. The number of carbonyl (C=O) groups is 2. The number of benzene rings is 1. The van der Waals surface area contributed by atoms with E-state index < -0.39 is 0 Å². The molecule has 3 N–H and O–H groups in total. The zero-order chi connectivity index (χ0) is 19.9. The molecule has 0 radical (unpaired) electrons. The molecule has 3 rings (SSSR count). The third kappa shape index (κ3) is 7.24. The van der Waals surface area contributed by atoms with Gasteiger partial charge in [0, 0.05) is 19.6 Å². The van der Waals surface area contributed by atoms with Crippen molar-refractivity contribution in [2.75, 3.05) is 32.7 Å². The van der Waals surface area contributed by atoms with Crippen molar-refractivity contribution in [2.45, 2.75) is 45.2 Å². The Labute approximate surface area is 178 Å². The van der Waals surface area contributed by atoms with Crippen molar-refractivity contribution in [3.8, 4) is 0 Å². The van der Waals surface area contributed by atoms with Gasteiger partial charge in [-0.15, -0.1) is 12.4 Å². The molecule has 0 aliphatic carbocycles. The maximum Gasteiger partial charge on any atom is 0.237 e. The van der Waals surface area contributed by atoms with Gasteiger partial charge in [0.25, 0.3) is 0 Å². The van der Waals surface area contributed by atoms with E-state index in [2.05, 4.69) is 20.9 Å². The predicted octanol–water partition coefficient (Wildman–Crippen LogP) is 1.75. The quantitative estimate of drug-likeness (QED) is 0.621. The van der Waals surface area contributed by atoms with Crippen LogP contribution in [0.2, 0.25) is 0 Å². The Balaban J connectivity index is 0.00000300. The molecule has 29 heavy (non-hydrogen) atoms. The number of aryl methyl sites for hydroxylation is 1. The summed E-state index contributed by atoms with van der Waals surface area (Å²) < 4.78 is 13.6. The summed E-state index contributed by atoms with van der Waals surface area (Å²) >= 11 is 0. The first kappa shape index (κ1) is 23.6. The van der Waals surface area contributed by atoms with Crippen molar-refractivity contribution in [1.29, 1.82) is 0 Å². The maximum absolute atomic E-state index is 13.6. The molecule has 0 spiro atoms. The highest BCUT2D eigenvalue weighted by Gasteiger charge is 2.25. The van der Waals surface area contributed by atoms with Gasteiger partial charge in [0.15, 0.2) is 0 Å². The molecule has 0 saturated carbocycles. The van der Waals surface area contributed by atoms with Crippen LogP contribution in [-0.2, 0) is 16.1 Å². The normalized spacial score (nSPS) is 22.0. The van der Waals surface area contributed by atoms with Gasteiger partial charge < -0.3 is 16.0 Å². The van der Waals surface area contributed by atoms with Crippen molar-refractivity contribution in [2.24, 2.45) is 5.92 Å². The third-order valence-corrected chi connectivity index (χ3v) is 5.64. The van der Waals surface area contributed by atoms with Crippen molar-refractivity contribution < 1.29 is 14.0 Å². The van der Waals surface area contributed by atoms with E-state index in [0.717, 1.165) is 50.9 Å². The minimum atomic E-state index is -0.250. The van der Waals surface area contributed by atoms with Crippen LogP contribution in [0.5, 0.6) is 0 Å². The molecule has 1 aromatic rings. The summed E-state index contributed by atoms with van der Waals surface area (Å²) in [6, 6.07) is 4.98. The van der Waals surface area contributed by atoms with E-state index in [1.165, 1.54) is 6.07 Å². The molecule has 1 aromatic carbocycles. The van der Waals surface area contributed by atoms with Gasteiger partial charge in [0.1, 0.15) is 5.82 Å². The van der Waals surface area contributed by atoms with E-state index in [4.69, 9.17) is 0 Å². The Bertz CT molecular complexity index is 697. The van der Waals surface area contributed by atoms with E-state index in [1.807, 2.05) is 6.07 Å². The molecule has 2 saturated heterocycles. The van der Waals surface area contributed by atoms with Crippen LogP contribution in [-0.4, -0.2) is 55.5 Å². The number of piperidine rings is 1. The molecule has 2 fully saturated rings. The van der Waals surface area contributed by atoms with Gasteiger partial charge in [-0.25, -0.2) is 4.39 Å². The van der Waals surface area contributed by atoms with Crippen LogP contribution in [0.25, 0.3) is 0 Å². The van der Waals surface area contributed by atoms with E-state index in [0.29, 0.717) is 31.1 Å². The van der Waals surface area contributed by atoms with E-state index >= 15 is 0 Å². The van der Waals surface area contributed by atoms with Crippen LogP contribution in [0.3, 0.4) is 0 Å². The van der Waals surface area contributed by atoms with Gasteiger partial charge in [0.2, 0.25) is 11.8 Å². The minimum Gasteiger partial charge on any atom is -0.354 e. The molecule has 8 heteroatoms. The largest absolute Gasteiger partial charge is 0.354 e. The van der Waals surface area contributed by atoms with Crippen LogP contribution >= 0.6 is 12.4 Å². The monoisotopic (exact) mass is 426 g/mol. The number of nitrogens with one attached hydrogen (secondary N) is 3. The number of halogens is 2. The first-order valence-corrected chi connectivity index (χ1v) is 10.3. The third-order valence-electron chi connectivity index (χ3n) is 5.64. The van der Waals surface area contributed by atoms with Gasteiger partial charge in [-0.3, -0.25) is 14.5 Å². The second kappa shape index (κ2) is 11.5. The fraction of sp³-hybridized carbons (Fsp3) is 0.619. The van der Waals surface area contributed by atoms with Crippen molar-refractivity contribution in [3.63, 3.8) is 0 Å². The lowest BCUT2D eigenvalue weighted by molar-refractivity contribution is -0.124. The molecule has 0 bridgehead atoms. The number of carbonyl (C=O) groups excluding carboxylic acids is 2. The lowest BCUT2D eigenvalue weighted by atomic mass is 9.98. The summed E-state index contributed by atoms with van der Waals surface area (Å²) in [4.78, 5) is 26.5. The lowest BCUT2D eigenvalue weighted by Gasteiger charge is -2.32. The summed E-state index contributed by atoms with van der Waals surface area (Å²) in [5.74, 6) is 0.164. The number of rotatable bonds is 7. The van der Waals surface area contributed by atoms with Gasteiger partial charge in [0.05, 0.1) is 12.6 Å². The van der Waals surface area contributed by atoms with Crippen molar-refractivity contribution in [3.05, 3.63) is 35.1 Å². The number of amides is 2. The number of nitrogens with zero attached hydrogens (tertiary/aromatic N) is 1. The summed E-state index contributed by atoms with van der Waals surface area (Å²) in [5, 5.41) is 9.14. The average molecular weight is 427 g/mol. The minimum absolute atomic E-state index is 0. The highest BCUT2D eigenvalue weighted by molar-refractivity contribution is 5.85. The standard InChI is InChI=1S/C21H31FN4O2.ClH/c1-15-6-7-16(10-18(15)22)11-24-20(27)14-26-9-3-4-17(13-26)12-25-21(28)19-5-2-8-23-19;/h6-7,10,17,19,23H,2-5,8-9,11-14H2,1H3,(H,24,27)(H,25,28);1H. The highest BCUT2D eigenvalue weighted by atomic mass is 35.5. The zero-order valence-electron chi connectivity index (χ0n) is 17.0. The molecule has 162 valence electrons. The molecule has 2 amide bonds. The Hall–Kier alpha value is -1.70. The number of hydrogen-bond donors (Lipinski definition) is 3. The smallest absolute Gasteiger partial charge is 0.237 e. The van der Waals surface area contributed by atoms with Gasteiger partial charge in [-0.05, 0) is 68.8 Å². The molecule has 2 unspecified atom stereocenters. The van der Waals surface area contributed by atoms with Gasteiger partial charge >= 0.3 is 0 Å². The SMILES string of the molecule is Cc1ccc(CNC(=O)CN2CCCC(CNC(=O)C3CCCN3)C2)cc1F.Cl. The van der Waals surface area contributed by atoms with Crippen molar-refractivity contribution in [1.82, 2.24) is 20.9 Å². The molecule has 2 aliphatic rings. The topological polar surface area (TPSA) is 73.5 Å². The summed E-state index contributed by atoms with van der Waals surface area (Å²) in [6.45, 7) is 5.67. The van der Waals surface area contributed by atoms with E-state index in [1.54, 1.807) is 13.0 Å². The average Bonchev–Trinajstić information content (AvgIpc) is 3.22. The first-order valence-electron chi connectivity index (χ1n) is 10.3. The van der Waals surface area contributed by atoms with E-state index in [-0.39, 0.29) is 36.1 Å². The second-order valence-electron chi connectivity index (χ2n) is 8.00. The Morgan fingerprint density at radius 1 is 1.24 bits per heavy atom. The molecular weight excluding hydrogens is 395 g/mol. The number of likely N-dealkylation sites (tertiary alicyclic amines) is 1. The fourth-order valence-corrected chi connectivity index (χ4v) is 3.94. The first-order chi connectivity index (χ1) is 13.5. The molecule has 6 nitrogen and oxygen atoms in total. The molecule has 0 aromatic heterocycles. The van der Waals surface area contributed by atoms with Crippen LogP contribution < -0.4 is 16.0 Å². The van der Waals surface area contributed by atoms with Crippen LogP contribution in [0.4, 0.5) is 4.39 Å². The molecular formula is C21H32ClFN4O2. The summed E-state index contributed by atoms with van der Waals surface area (Å²) in [5.41, 5.74) is 1.36. The van der Waals surface area contributed by atoms with Crippen LogP contribution in [0.1, 0.15) is 36.8 Å². The molecule has 2 atom stereocenters. The fourth-order valence-electron chi connectivity index (χ4n) is 3.94. The van der Waals surface area contributed by atoms with Crippen LogP contribution in [0.15, 0.2) is 18.2 Å². The van der Waals surface area contributed by atoms with Gasteiger partial charge in [-0.1, -0.05) is 12.1 Å². The molecule has 2 aliphatic heterocycles. The van der Waals surface area contributed by atoms with Gasteiger partial charge in [-0.2, -0.15) is 0 Å². The summed E-state index contributed by atoms with van der Waals surface area (Å²) in [7, 11) is 0. The Kier molecular flexibility index (Phi) is 9.33. The Morgan fingerprint density at radius 2 is 2.07 bits per heavy atom. The maximum atomic E-state index is 13.6. The highest BCUT2D eigenvalue weighted by Crippen LogP contribution is 2.16. The van der Waals surface area contributed by atoms with E-state index in [9.17, 15) is 14.0 Å². The predicted molar refractivity (Wildman–Crippen MR) is 113 cm³/mol. The molecule has 2 heterocycles. The number of hydrogen-bond acceptors (Lipinski definition) is 4. The van der Waals surface area contributed by atoms with Crippen LogP contribution in [0, 0.1) is 18.7 Å². The Morgan fingerprint density at radius 3 is 2.79 bits per heavy atom. The second-order valence-corrected chi connectivity index (χ2v) is 8.00. The zero-order valence-corrected chi connectivity index (χ0v) is 17.8. The lowest BCUT2D eigenvalue weighted by Crippen LogP contribution is -2.47. The van der Waals surface area contributed by atoms with Crippen molar-refractivity contribution >= 4 is 24.2 Å².